The molecular weight excluding hydrogens is 226 g/mol. The molecule has 0 bridgehead atoms. The zero-order valence-corrected chi connectivity index (χ0v) is 10.9. The summed E-state index contributed by atoms with van der Waals surface area (Å²) in [6.07, 6.45) is 3.53. The minimum absolute atomic E-state index is 0.0427. The van der Waals surface area contributed by atoms with Gasteiger partial charge in [-0.2, -0.15) is 0 Å². The SMILES string of the molecule is CCc1ccccc1C(CC(=O)O)N1CCCC1. The lowest BCUT2D eigenvalue weighted by molar-refractivity contribution is -0.138. The maximum Gasteiger partial charge on any atom is 0.305 e. The number of hydrogen-bond donors (Lipinski definition) is 1. The normalized spacial score (nSPS) is 17.8. The molecule has 0 aliphatic carbocycles. The van der Waals surface area contributed by atoms with Crippen LogP contribution in [0.15, 0.2) is 24.3 Å². The Morgan fingerprint density at radius 3 is 2.61 bits per heavy atom. The summed E-state index contributed by atoms with van der Waals surface area (Å²) in [6, 6.07) is 8.29. The summed E-state index contributed by atoms with van der Waals surface area (Å²) >= 11 is 0. The molecule has 0 amide bonds. The first-order chi connectivity index (χ1) is 8.72. The lowest BCUT2D eigenvalue weighted by Gasteiger charge is -2.28. The first kappa shape index (κ1) is 13.1. The minimum Gasteiger partial charge on any atom is -0.481 e. The van der Waals surface area contributed by atoms with Gasteiger partial charge in [0.15, 0.2) is 0 Å². The zero-order chi connectivity index (χ0) is 13.0. The second-order valence-electron chi connectivity index (χ2n) is 4.91. The van der Waals surface area contributed by atoms with Gasteiger partial charge in [-0.3, -0.25) is 9.69 Å². The summed E-state index contributed by atoms with van der Waals surface area (Å²) in [7, 11) is 0. The Labute approximate surface area is 108 Å². The molecule has 0 aromatic heterocycles. The standard InChI is InChI=1S/C15H21NO2/c1-2-12-7-3-4-8-13(12)14(11-15(17)18)16-9-5-6-10-16/h3-4,7-8,14H,2,5-6,9-11H2,1H3,(H,17,18). The van der Waals surface area contributed by atoms with E-state index in [0.29, 0.717) is 0 Å². The number of carbonyl (C=O) groups is 1. The average Bonchev–Trinajstić information content (AvgIpc) is 2.89. The van der Waals surface area contributed by atoms with Gasteiger partial charge >= 0.3 is 5.97 Å². The monoisotopic (exact) mass is 247 g/mol. The van der Waals surface area contributed by atoms with Crippen LogP contribution in [0.4, 0.5) is 0 Å². The smallest absolute Gasteiger partial charge is 0.305 e. The highest BCUT2D eigenvalue weighted by Gasteiger charge is 2.26. The van der Waals surface area contributed by atoms with Crippen molar-refractivity contribution in [3.63, 3.8) is 0 Å². The molecule has 18 heavy (non-hydrogen) atoms. The van der Waals surface area contributed by atoms with Crippen LogP contribution in [0.2, 0.25) is 0 Å². The largest absolute Gasteiger partial charge is 0.481 e. The summed E-state index contributed by atoms with van der Waals surface area (Å²) < 4.78 is 0. The number of carboxylic acids is 1. The Bertz CT molecular complexity index is 411. The van der Waals surface area contributed by atoms with Crippen LogP contribution >= 0.6 is 0 Å². The van der Waals surface area contributed by atoms with Crippen molar-refractivity contribution in [3.8, 4) is 0 Å². The molecule has 1 fully saturated rings. The second kappa shape index (κ2) is 6.01. The Hall–Kier alpha value is -1.35. The van der Waals surface area contributed by atoms with Crippen molar-refractivity contribution in [3.05, 3.63) is 35.4 Å². The van der Waals surface area contributed by atoms with Crippen molar-refractivity contribution in [2.75, 3.05) is 13.1 Å². The van der Waals surface area contributed by atoms with Crippen molar-refractivity contribution < 1.29 is 9.90 Å². The van der Waals surface area contributed by atoms with E-state index in [-0.39, 0.29) is 12.5 Å². The van der Waals surface area contributed by atoms with E-state index in [1.165, 1.54) is 24.0 Å². The molecule has 3 heteroatoms. The minimum atomic E-state index is -0.710. The average molecular weight is 247 g/mol. The van der Waals surface area contributed by atoms with E-state index in [2.05, 4.69) is 24.0 Å². The maximum atomic E-state index is 11.1. The number of benzene rings is 1. The van der Waals surface area contributed by atoms with Crippen LogP contribution < -0.4 is 0 Å². The van der Waals surface area contributed by atoms with E-state index in [4.69, 9.17) is 5.11 Å². The quantitative estimate of drug-likeness (QED) is 0.869. The summed E-state index contributed by atoms with van der Waals surface area (Å²) in [6.45, 7) is 4.17. The Kier molecular flexibility index (Phi) is 4.37. The molecular formula is C15H21NO2. The van der Waals surface area contributed by atoms with Gasteiger partial charge in [-0.15, -0.1) is 0 Å². The third kappa shape index (κ3) is 2.91. The van der Waals surface area contributed by atoms with E-state index >= 15 is 0 Å². The third-order valence-corrected chi connectivity index (χ3v) is 3.74. The van der Waals surface area contributed by atoms with E-state index in [9.17, 15) is 4.79 Å². The molecule has 98 valence electrons. The summed E-state index contributed by atoms with van der Waals surface area (Å²) in [4.78, 5) is 13.4. The van der Waals surface area contributed by atoms with Crippen LogP contribution in [0.3, 0.4) is 0 Å². The van der Waals surface area contributed by atoms with E-state index in [0.717, 1.165) is 19.5 Å². The molecule has 1 aromatic rings. The van der Waals surface area contributed by atoms with Gasteiger partial charge in [-0.05, 0) is 43.5 Å². The lowest BCUT2D eigenvalue weighted by atomic mass is 9.95. The Balaban J connectivity index is 2.29. The van der Waals surface area contributed by atoms with Gasteiger partial charge in [0.1, 0.15) is 0 Å². The zero-order valence-electron chi connectivity index (χ0n) is 10.9. The predicted molar refractivity (Wildman–Crippen MR) is 71.6 cm³/mol. The van der Waals surface area contributed by atoms with Crippen LogP contribution in [0.5, 0.6) is 0 Å². The predicted octanol–water partition coefficient (Wildman–Crippen LogP) is 2.86. The first-order valence-electron chi connectivity index (χ1n) is 6.76. The van der Waals surface area contributed by atoms with Gasteiger partial charge in [-0.25, -0.2) is 0 Å². The first-order valence-corrected chi connectivity index (χ1v) is 6.76. The molecule has 1 aromatic carbocycles. The Morgan fingerprint density at radius 2 is 2.00 bits per heavy atom. The van der Waals surface area contributed by atoms with E-state index in [1.54, 1.807) is 0 Å². The summed E-state index contributed by atoms with van der Waals surface area (Å²) in [5.74, 6) is -0.710. The molecule has 0 saturated carbocycles. The van der Waals surface area contributed by atoms with Gasteiger partial charge in [0, 0.05) is 6.04 Å². The number of aryl methyl sites for hydroxylation is 1. The maximum absolute atomic E-state index is 11.1. The van der Waals surface area contributed by atoms with Gasteiger partial charge in [0.05, 0.1) is 6.42 Å². The molecule has 0 radical (unpaired) electrons. The van der Waals surface area contributed by atoms with Crippen LogP contribution in [-0.2, 0) is 11.2 Å². The van der Waals surface area contributed by atoms with Crippen LogP contribution in [0.1, 0.15) is 43.4 Å². The van der Waals surface area contributed by atoms with Crippen molar-refractivity contribution in [2.24, 2.45) is 0 Å². The highest BCUT2D eigenvalue weighted by molar-refractivity contribution is 5.68. The van der Waals surface area contributed by atoms with E-state index in [1.807, 2.05) is 12.1 Å². The number of hydrogen-bond acceptors (Lipinski definition) is 2. The highest BCUT2D eigenvalue weighted by atomic mass is 16.4. The fourth-order valence-electron chi connectivity index (χ4n) is 2.84. The number of aliphatic carboxylic acids is 1. The van der Waals surface area contributed by atoms with Gasteiger partial charge in [-0.1, -0.05) is 31.2 Å². The van der Waals surface area contributed by atoms with Gasteiger partial charge < -0.3 is 5.11 Å². The molecule has 1 unspecified atom stereocenters. The fourth-order valence-corrected chi connectivity index (χ4v) is 2.84. The van der Waals surface area contributed by atoms with E-state index < -0.39 is 5.97 Å². The van der Waals surface area contributed by atoms with Crippen molar-refractivity contribution in [1.82, 2.24) is 4.90 Å². The molecule has 1 atom stereocenters. The third-order valence-electron chi connectivity index (χ3n) is 3.74. The highest BCUT2D eigenvalue weighted by Crippen LogP contribution is 2.30. The van der Waals surface area contributed by atoms with Crippen LogP contribution in [-0.4, -0.2) is 29.1 Å². The van der Waals surface area contributed by atoms with Crippen molar-refractivity contribution in [1.29, 1.82) is 0 Å². The molecule has 0 spiro atoms. The summed E-state index contributed by atoms with van der Waals surface area (Å²) in [5, 5.41) is 9.14. The molecule has 1 saturated heterocycles. The molecule has 1 heterocycles. The van der Waals surface area contributed by atoms with Gasteiger partial charge in [0.2, 0.25) is 0 Å². The lowest BCUT2D eigenvalue weighted by Crippen LogP contribution is -2.28. The van der Waals surface area contributed by atoms with Crippen LogP contribution in [0.25, 0.3) is 0 Å². The topological polar surface area (TPSA) is 40.5 Å². The Morgan fingerprint density at radius 1 is 1.33 bits per heavy atom. The molecule has 1 N–H and O–H groups in total. The number of nitrogens with zero attached hydrogens (tertiary/aromatic N) is 1. The number of rotatable bonds is 5. The fraction of sp³-hybridized carbons (Fsp3) is 0.533. The van der Waals surface area contributed by atoms with Crippen molar-refractivity contribution >= 4 is 5.97 Å². The van der Waals surface area contributed by atoms with Gasteiger partial charge in [0.25, 0.3) is 0 Å². The second-order valence-corrected chi connectivity index (χ2v) is 4.91. The van der Waals surface area contributed by atoms with Crippen LogP contribution in [0, 0.1) is 0 Å². The number of likely N-dealkylation sites (tertiary alicyclic amines) is 1. The molecule has 2 rings (SSSR count). The van der Waals surface area contributed by atoms with Crippen molar-refractivity contribution in [2.45, 2.75) is 38.6 Å². The molecule has 1 aliphatic rings. The molecule has 1 aliphatic heterocycles. The molecule has 3 nitrogen and oxygen atoms in total. The number of carboxylic acid groups (broad SMARTS) is 1. The summed E-state index contributed by atoms with van der Waals surface area (Å²) in [5.41, 5.74) is 2.47.